The molecule has 0 aromatic rings. The first-order valence-corrected chi connectivity index (χ1v) is 5.80. The first-order chi connectivity index (χ1) is 7.24. The topological polar surface area (TPSA) is 55.6 Å². The Bertz CT molecular complexity index is 191. The van der Waals surface area contributed by atoms with Gasteiger partial charge in [-0.25, -0.2) is 0 Å². The van der Waals surface area contributed by atoms with E-state index in [9.17, 15) is 4.79 Å². The van der Waals surface area contributed by atoms with Crippen LogP contribution in [0.2, 0.25) is 0 Å². The summed E-state index contributed by atoms with van der Waals surface area (Å²) < 4.78 is 4.58. The van der Waals surface area contributed by atoms with Gasteiger partial charge >= 0.3 is 5.97 Å². The van der Waals surface area contributed by atoms with Gasteiger partial charge in [0.25, 0.3) is 0 Å². The Hall–Kier alpha value is -0.610. The Morgan fingerprint density at radius 2 is 2.07 bits per heavy atom. The molecule has 1 fully saturated rings. The largest absolute Gasteiger partial charge is 0.468 e. The van der Waals surface area contributed by atoms with Crippen LogP contribution in [-0.2, 0) is 9.53 Å². The molecule has 0 aliphatic carbocycles. The van der Waals surface area contributed by atoms with Crippen molar-refractivity contribution in [2.75, 3.05) is 26.7 Å². The van der Waals surface area contributed by atoms with Gasteiger partial charge in [0.1, 0.15) is 6.04 Å². The third-order valence-corrected chi connectivity index (χ3v) is 2.94. The van der Waals surface area contributed by atoms with Crippen LogP contribution in [0.3, 0.4) is 0 Å². The molecule has 1 saturated heterocycles. The highest BCUT2D eigenvalue weighted by Gasteiger charge is 2.14. The van der Waals surface area contributed by atoms with Crippen molar-refractivity contribution in [2.24, 2.45) is 5.73 Å². The van der Waals surface area contributed by atoms with E-state index in [4.69, 9.17) is 5.73 Å². The molecule has 0 aromatic carbocycles. The molecule has 4 nitrogen and oxygen atoms in total. The van der Waals surface area contributed by atoms with Crippen molar-refractivity contribution < 1.29 is 9.53 Å². The van der Waals surface area contributed by atoms with E-state index in [1.165, 1.54) is 39.5 Å². The van der Waals surface area contributed by atoms with Crippen molar-refractivity contribution >= 4 is 5.97 Å². The fraction of sp³-hybridized carbons (Fsp3) is 0.909. The zero-order valence-electron chi connectivity index (χ0n) is 9.58. The number of ether oxygens (including phenoxy) is 1. The predicted molar refractivity (Wildman–Crippen MR) is 59.5 cm³/mol. The smallest absolute Gasteiger partial charge is 0.322 e. The zero-order chi connectivity index (χ0) is 11.1. The monoisotopic (exact) mass is 214 g/mol. The molecular formula is C11H22N2O2. The van der Waals surface area contributed by atoms with Crippen molar-refractivity contribution in [3.63, 3.8) is 0 Å². The minimum absolute atomic E-state index is 0.298. The van der Waals surface area contributed by atoms with E-state index in [0.29, 0.717) is 0 Å². The molecule has 0 radical (unpaired) electrons. The predicted octanol–water partition coefficient (Wildman–Crippen LogP) is 0.753. The number of likely N-dealkylation sites (tertiary alicyclic amines) is 1. The fourth-order valence-electron chi connectivity index (χ4n) is 1.99. The van der Waals surface area contributed by atoms with Gasteiger partial charge in [-0.3, -0.25) is 4.79 Å². The van der Waals surface area contributed by atoms with Crippen LogP contribution in [-0.4, -0.2) is 43.7 Å². The van der Waals surface area contributed by atoms with Gasteiger partial charge in [0, 0.05) is 0 Å². The molecule has 15 heavy (non-hydrogen) atoms. The number of hydrogen-bond donors (Lipinski definition) is 1. The van der Waals surface area contributed by atoms with Crippen LogP contribution in [0.15, 0.2) is 0 Å². The highest BCUT2D eigenvalue weighted by atomic mass is 16.5. The van der Waals surface area contributed by atoms with Gasteiger partial charge in [-0.2, -0.15) is 0 Å². The van der Waals surface area contributed by atoms with Crippen LogP contribution in [0.1, 0.15) is 32.1 Å². The number of nitrogens with zero attached hydrogens (tertiary/aromatic N) is 1. The molecule has 1 heterocycles. The molecule has 0 saturated carbocycles. The number of nitrogens with two attached hydrogens (primary N) is 1. The molecule has 0 bridgehead atoms. The standard InChI is InChI=1S/C11H22N2O2/c1-15-11(14)10(12)6-5-9-13-7-3-2-4-8-13/h10H,2-9,12H2,1H3. The Morgan fingerprint density at radius 1 is 1.40 bits per heavy atom. The Kier molecular flexibility index (Phi) is 5.65. The second kappa shape index (κ2) is 6.80. The molecule has 88 valence electrons. The number of carbonyl (C=O) groups excluding carboxylic acids is 1. The molecule has 1 atom stereocenters. The quantitative estimate of drug-likeness (QED) is 0.686. The minimum atomic E-state index is -0.445. The van der Waals surface area contributed by atoms with Crippen molar-refractivity contribution in [1.82, 2.24) is 4.90 Å². The minimum Gasteiger partial charge on any atom is -0.468 e. The number of methoxy groups -OCH3 is 1. The number of rotatable bonds is 5. The summed E-state index contributed by atoms with van der Waals surface area (Å²) >= 11 is 0. The Morgan fingerprint density at radius 3 is 2.67 bits per heavy atom. The molecule has 0 spiro atoms. The van der Waals surface area contributed by atoms with Crippen LogP contribution < -0.4 is 5.73 Å². The lowest BCUT2D eigenvalue weighted by Crippen LogP contribution is -2.34. The summed E-state index contributed by atoms with van der Waals surface area (Å²) in [6.45, 7) is 3.46. The average Bonchev–Trinajstić information content (AvgIpc) is 2.29. The van der Waals surface area contributed by atoms with E-state index >= 15 is 0 Å². The normalized spacial score (nSPS) is 19.9. The third-order valence-electron chi connectivity index (χ3n) is 2.94. The summed E-state index contributed by atoms with van der Waals surface area (Å²) in [5.74, 6) is -0.298. The molecule has 1 unspecified atom stereocenters. The number of carbonyl (C=O) groups is 1. The van der Waals surface area contributed by atoms with Crippen LogP contribution in [0.4, 0.5) is 0 Å². The van der Waals surface area contributed by atoms with Gasteiger partial charge in [-0.1, -0.05) is 6.42 Å². The van der Waals surface area contributed by atoms with Crippen LogP contribution in [0.25, 0.3) is 0 Å². The summed E-state index contributed by atoms with van der Waals surface area (Å²) in [6, 6.07) is -0.445. The summed E-state index contributed by atoms with van der Waals surface area (Å²) in [5, 5.41) is 0. The SMILES string of the molecule is COC(=O)C(N)CCCN1CCCCC1. The van der Waals surface area contributed by atoms with E-state index in [2.05, 4.69) is 9.64 Å². The van der Waals surface area contributed by atoms with E-state index in [-0.39, 0.29) is 5.97 Å². The molecular weight excluding hydrogens is 192 g/mol. The zero-order valence-corrected chi connectivity index (χ0v) is 9.58. The second-order valence-corrected chi connectivity index (χ2v) is 4.17. The summed E-state index contributed by atoms with van der Waals surface area (Å²) in [5.41, 5.74) is 5.65. The van der Waals surface area contributed by atoms with E-state index in [1.54, 1.807) is 0 Å². The molecule has 1 aliphatic heterocycles. The summed E-state index contributed by atoms with van der Waals surface area (Å²) in [4.78, 5) is 13.5. The molecule has 1 aliphatic rings. The van der Waals surface area contributed by atoms with Crippen molar-refractivity contribution in [2.45, 2.75) is 38.1 Å². The lowest BCUT2D eigenvalue weighted by Gasteiger charge is -2.26. The van der Waals surface area contributed by atoms with Crippen LogP contribution in [0.5, 0.6) is 0 Å². The highest BCUT2D eigenvalue weighted by Crippen LogP contribution is 2.09. The van der Waals surface area contributed by atoms with Crippen LogP contribution >= 0.6 is 0 Å². The van der Waals surface area contributed by atoms with Gasteiger partial charge < -0.3 is 15.4 Å². The number of piperidine rings is 1. The molecule has 0 amide bonds. The average molecular weight is 214 g/mol. The summed E-state index contributed by atoms with van der Waals surface area (Å²) in [7, 11) is 1.38. The Balaban J connectivity index is 2.07. The number of hydrogen-bond acceptors (Lipinski definition) is 4. The first kappa shape index (κ1) is 12.5. The van der Waals surface area contributed by atoms with Crippen molar-refractivity contribution in [3.05, 3.63) is 0 Å². The molecule has 4 heteroatoms. The lowest BCUT2D eigenvalue weighted by atomic mass is 10.1. The van der Waals surface area contributed by atoms with Gasteiger partial charge in [0.2, 0.25) is 0 Å². The van der Waals surface area contributed by atoms with Gasteiger partial charge in [0.05, 0.1) is 7.11 Å². The van der Waals surface area contributed by atoms with E-state index < -0.39 is 6.04 Å². The van der Waals surface area contributed by atoms with E-state index in [1.807, 2.05) is 0 Å². The van der Waals surface area contributed by atoms with Gasteiger partial charge in [-0.05, 0) is 45.3 Å². The van der Waals surface area contributed by atoms with Gasteiger partial charge in [0.15, 0.2) is 0 Å². The maximum absolute atomic E-state index is 11.0. The number of esters is 1. The van der Waals surface area contributed by atoms with Gasteiger partial charge in [-0.15, -0.1) is 0 Å². The third kappa shape index (κ3) is 4.62. The van der Waals surface area contributed by atoms with E-state index in [0.717, 1.165) is 19.4 Å². The van der Waals surface area contributed by atoms with Crippen LogP contribution in [0, 0.1) is 0 Å². The molecule has 2 N–H and O–H groups in total. The second-order valence-electron chi connectivity index (χ2n) is 4.17. The maximum atomic E-state index is 11.0. The lowest BCUT2D eigenvalue weighted by molar-refractivity contribution is -0.142. The Labute approximate surface area is 91.8 Å². The maximum Gasteiger partial charge on any atom is 0.322 e. The fourth-order valence-corrected chi connectivity index (χ4v) is 1.99. The molecule has 1 rings (SSSR count). The van der Waals surface area contributed by atoms with Crippen molar-refractivity contribution in [1.29, 1.82) is 0 Å². The highest BCUT2D eigenvalue weighted by molar-refractivity contribution is 5.75. The first-order valence-electron chi connectivity index (χ1n) is 5.80. The summed E-state index contributed by atoms with van der Waals surface area (Å²) in [6.07, 6.45) is 5.68. The van der Waals surface area contributed by atoms with Crippen molar-refractivity contribution in [3.8, 4) is 0 Å². The molecule has 0 aromatic heterocycles.